The van der Waals surface area contributed by atoms with Gasteiger partial charge in [-0.05, 0) is 18.2 Å². The summed E-state index contributed by atoms with van der Waals surface area (Å²) < 4.78 is 17.9. The van der Waals surface area contributed by atoms with Gasteiger partial charge in [0.1, 0.15) is 12.4 Å². The molecular weight excluding hydrogens is 209 g/mol. The van der Waals surface area contributed by atoms with Gasteiger partial charge in [0.05, 0.1) is 5.52 Å². The highest BCUT2D eigenvalue weighted by molar-refractivity contribution is 5.82. The van der Waals surface area contributed by atoms with Gasteiger partial charge < -0.3 is 4.74 Å². The molecule has 4 heteroatoms. The maximum absolute atomic E-state index is 13.0. The molecule has 0 unspecified atom stereocenters. The Hall–Kier alpha value is -1.97. The summed E-state index contributed by atoms with van der Waals surface area (Å²) in [5.41, 5.74) is 1.38. The zero-order chi connectivity index (χ0) is 11.5. The molecule has 2 rings (SSSR count). The van der Waals surface area contributed by atoms with Crippen molar-refractivity contribution < 1.29 is 13.9 Å². The summed E-state index contributed by atoms with van der Waals surface area (Å²) in [6.07, 6.45) is 1.57. The molecule has 1 aromatic carbocycles. The lowest BCUT2D eigenvalue weighted by atomic mass is 10.1. The first kappa shape index (κ1) is 10.5. The van der Waals surface area contributed by atoms with Crippen LogP contribution in [0.5, 0.6) is 0 Å². The number of aromatic nitrogens is 1. The molecule has 0 saturated carbocycles. The number of hydrogen-bond acceptors (Lipinski definition) is 3. The number of benzene rings is 1. The number of fused-ring (bicyclic) bond motifs is 1. The molecule has 1 heterocycles. The summed E-state index contributed by atoms with van der Waals surface area (Å²) in [6, 6.07) is 6.10. The first-order valence-electron chi connectivity index (χ1n) is 4.83. The molecule has 0 N–H and O–H groups in total. The van der Waals surface area contributed by atoms with Gasteiger partial charge in [-0.25, -0.2) is 4.39 Å². The standard InChI is InChI=1S/C12H10FNO2/c1-8(15)16-7-9-4-5-14-12-6-10(13)2-3-11(9)12/h2-6H,7H2,1H3. The first-order valence-corrected chi connectivity index (χ1v) is 4.83. The molecule has 82 valence electrons. The van der Waals surface area contributed by atoms with Crippen LogP contribution >= 0.6 is 0 Å². The van der Waals surface area contributed by atoms with Crippen LogP contribution in [-0.4, -0.2) is 11.0 Å². The van der Waals surface area contributed by atoms with Crippen LogP contribution in [-0.2, 0) is 16.1 Å². The lowest BCUT2D eigenvalue weighted by molar-refractivity contribution is -0.142. The van der Waals surface area contributed by atoms with E-state index in [0.717, 1.165) is 10.9 Å². The van der Waals surface area contributed by atoms with Gasteiger partial charge in [0, 0.05) is 30.1 Å². The van der Waals surface area contributed by atoms with Crippen LogP contribution in [0.25, 0.3) is 10.9 Å². The highest BCUT2D eigenvalue weighted by Crippen LogP contribution is 2.18. The normalized spacial score (nSPS) is 10.4. The number of carbonyl (C=O) groups is 1. The number of esters is 1. The Morgan fingerprint density at radius 3 is 3.00 bits per heavy atom. The average molecular weight is 219 g/mol. The zero-order valence-electron chi connectivity index (χ0n) is 8.74. The van der Waals surface area contributed by atoms with Gasteiger partial charge in [0.25, 0.3) is 0 Å². The molecule has 0 fully saturated rings. The number of ether oxygens (including phenoxy) is 1. The van der Waals surface area contributed by atoms with Crippen molar-refractivity contribution in [2.75, 3.05) is 0 Å². The van der Waals surface area contributed by atoms with Gasteiger partial charge >= 0.3 is 5.97 Å². The van der Waals surface area contributed by atoms with Crippen molar-refractivity contribution in [1.29, 1.82) is 0 Å². The van der Waals surface area contributed by atoms with E-state index in [2.05, 4.69) is 4.98 Å². The minimum absolute atomic E-state index is 0.181. The van der Waals surface area contributed by atoms with E-state index in [4.69, 9.17) is 4.74 Å². The lowest BCUT2D eigenvalue weighted by Gasteiger charge is -2.05. The van der Waals surface area contributed by atoms with Gasteiger partial charge in [-0.1, -0.05) is 0 Å². The SMILES string of the molecule is CC(=O)OCc1ccnc2cc(F)ccc12. The van der Waals surface area contributed by atoms with Crippen molar-refractivity contribution in [1.82, 2.24) is 4.98 Å². The minimum atomic E-state index is -0.341. The second kappa shape index (κ2) is 4.26. The quantitative estimate of drug-likeness (QED) is 0.728. The molecule has 1 aromatic heterocycles. The molecular formula is C12H10FNO2. The van der Waals surface area contributed by atoms with Gasteiger partial charge in [-0.3, -0.25) is 9.78 Å². The van der Waals surface area contributed by atoms with Crippen LogP contribution in [0, 0.1) is 5.82 Å². The average Bonchev–Trinajstić information content (AvgIpc) is 2.25. The van der Waals surface area contributed by atoms with Crippen LogP contribution in [0.3, 0.4) is 0 Å². The van der Waals surface area contributed by atoms with Crippen molar-refractivity contribution in [2.24, 2.45) is 0 Å². The molecule has 0 saturated heterocycles. The Morgan fingerprint density at radius 1 is 1.44 bits per heavy atom. The topological polar surface area (TPSA) is 39.2 Å². The van der Waals surface area contributed by atoms with Crippen molar-refractivity contribution >= 4 is 16.9 Å². The van der Waals surface area contributed by atoms with Crippen molar-refractivity contribution in [3.05, 3.63) is 41.8 Å². The van der Waals surface area contributed by atoms with E-state index >= 15 is 0 Å². The van der Waals surface area contributed by atoms with E-state index in [0.29, 0.717) is 5.52 Å². The van der Waals surface area contributed by atoms with Gasteiger partial charge in [-0.2, -0.15) is 0 Å². The minimum Gasteiger partial charge on any atom is -0.461 e. The molecule has 0 atom stereocenters. The Labute approximate surface area is 91.9 Å². The highest BCUT2D eigenvalue weighted by atomic mass is 19.1. The van der Waals surface area contributed by atoms with Crippen LogP contribution in [0.15, 0.2) is 30.5 Å². The lowest BCUT2D eigenvalue weighted by Crippen LogP contribution is -1.99. The largest absolute Gasteiger partial charge is 0.461 e. The number of carbonyl (C=O) groups excluding carboxylic acids is 1. The Balaban J connectivity index is 2.41. The van der Waals surface area contributed by atoms with E-state index in [1.165, 1.54) is 19.1 Å². The Kier molecular flexibility index (Phi) is 2.81. The molecule has 0 bridgehead atoms. The van der Waals surface area contributed by atoms with E-state index in [-0.39, 0.29) is 18.4 Å². The third kappa shape index (κ3) is 2.16. The molecule has 2 aromatic rings. The molecule has 0 aliphatic carbocycles. The van der Waals surface area contributed by atoms with Gasteiger partial charge in [0.2, 0.25) is 0 Å². The summed E-state index contributed by atoms with van der Waals surface area (Å²) in [7, 11) is 0. The fraction of sp³-hybridized carbons (Fsp3) is 0.167. The number of hydrogen-bond donors (Lipinski definition) is 0. The predicted octanol–water partition coefficient (Wildman–Crippen LogP) is 2.44. The molecule has 0 aliphatic rings. The first-order chi connectivity index (χ1) is 7.66. The summed E-state index contributed by atoms with van der Waals surface area (Å²) in [5, 5.41) is 0.796. The molecule has 16 heavy (non-hydrogen) atoms. The number of halogens is 1. The van der Waals surface area contributed by atoms with E-state index in [1.54, 1.807) is 18.3 Å². The summed E-state index contributed by atoms with van der Waals surface area (Å²) in [5.74, 6) is -0.670. The third-order valence-corrected chi connectivity index (χ3v) is 2.23. The monoisotopic (exact) mass is 219 g/mol. The fourth-order valence-electron chi connectivity index (χ4n) is 1.49. The zero-order valence-corrected chi connectivity index (χ0v) is 8.74. The Bertz CT molecular complexity index is 540. The maximum Gasteiger partial charge on any atom is 0.302 e. The summed E-state index contributed by atoms with van der Waals surface area (Å²) in [6.45, 7) is 1.53. The molecule has 0 radical (unpaired) electrons. The van der Waals surface area contributed by atoms with Gasteiger partial charge in [-0.15, -0.1) is 0 Å². The van der Waals surface area contributed by atoms with Crippen molar-refractivity contribution in [3.8, 4) is 0 Å². The highest BCUT2D eigenvalue weighted by Gasteiger charge is 2.04. The third-order valence-electron chi connectivity index (χ3n) is 2.23. The van der Waals surface area contributed by atoms with E-state index in [1.807, 2.05) is 0 Å². The van der Waals surface area contributed by atoms with Crippen molar-refractivity contribution in [2.45, 2.75) is 13.5 Å². The predicted molar refractivity (Wildman–Crippen MR) is 57.2 cm³/mol. The number of pyridine rings is 1. The number of nitrogens with zero attached hydrogens (tertiary/aromatic N) is 1. The van der Waals surface area contributed by atoms with Crippen molar-refractivity contribution in [3.63, 3.8) is 0 Å². The van der Waals surface area contributed by atoms with Gasteiger partial charge in [0.15, 0.2) is 0 Å². The number of rotatable bonds is 2. The van der Waals surface area contributed by atoms with Crippen LogP contribution < -0.4 is 0 Å². The molecule has 0 aliphatic heterocycles. The second-order valence-electron chi connectivity index (χ2n) is 3.41. The maximum atomic E-state index is 13.0. The van der Waals surface area contributed by atoms with Crippen LogP contribution in [0.2, 0.25) is 0 Å². The fourth-order valence-corrected chi connectivity index (χ4v) is 1.49. The Morgan fingerprint density at radius 2 is 2.25 bits per heavy atom. The molecule has 3 nitrogen and oxygen atoms in total. The summed E-state index contributed by atoms with van der Waals surface area (Å²) in [4.78, 5) is 14.8. The molecule has 0 amide bonds. The van der Waals surface area contributed by atoms with E-state index < -0.39 is 0 Å². The summed E-state index contributed by atoms with van der Waals surface area (Å²) >= 11 is 0. The molecule has 0 spiro atoms. The van der Waals surface area contributed by atoms with Crippen LogP contribution in [0.4, 0.5) is 4.39 Å². The van der Waals surface area contributed by atoms with E-state index in [9.17, 15) is 9.18 Å². The smallest absolute Gasteiger partial charge is 0.302 e. The van der Waals surface area contributed by atoms with Crippen LogP contribution in [0.1, 0.15) is 12.5 Å². The second-order valence-corrected chi connectivity index (χ2v) is 3.41.